The van der Waals surface area contributed by atoms with Gasteiger partial charge in [-0.05, 0) is 38.2 Å². The maximum atomic E-state index is 10.8. The zero-order chi connectivity index (χ0) is 12.9. The molecular weight excluding hydrogens is 258 g/mol. The Morgan fingerprint density at radius 2 is 2.29 bits per heavy atom. The molecule has 1 aromatic rings. The van der Waals surface area contributed by atoms with Gasteiger partial charge in [0.25, 0.3) is 0 Å². The van der Waals surface area contributed by atoms with E-state index in [1.54, 1.807) is 18.7 Å². The molecule has 0 fully saturated rings. The Morgan fingerprint density at radius 3 is 2.82 bits per heavy atom. The molecule has 7 heteroatoms. The Morgan fingerprint density at radius 1 is 1.59 bits per heavy atom. The molecule has 0 aliphatic carbocycles. The summed E-state index contributed by atoms with van der Waals surface area (Å²) in [6.07, 6.45) is 2.24. The third kappa shape index (κ3) is 5.01. The summed E-state index contributed by atoms with van der Waals surface area (Å²) in [6.45, 7) is 3.42. The molecule has 0 amide bonds. The molecule has 1 atom stereocenters. The molecule has 0 aliphatic heterocycles. The first-order valence-corrected chi connectivity index (χ1v) is 7.13. The van der Waals surface area contributed by atoms with Crippen molar-refractivity contribution in [2.45, 2.75) is 43.0 Å². The quantitative estimate of drug-likeness (QED) is 0.583. The Labute approximate surface area is 109 Å². The van der Waals surface area contributed by atoms with Crippen molar-refractivity contribution < 1.29 is 9.90 Å². The summed E-state index contributed by atoms with van der Waals surface area (Å²) >= 11 is 3.06. The minimum Gasteiger partial charge on any atom is -0.480 e. The lowest BCUT2D eigenvalue weighted by molar-refractivity contribution is -0.142. The molecule has 0 bridgehead atoms. The van der Waals surface area contributed by atoms with Crippen molar-refractivity contribution in [2.75, 3.05) is 5.75 Å². The lowest BCUT2D eigenvalue weighted by Gasteiger charge is -2.18. The minimum absolute atomic E-state index is 0.498. The van der Waals surface area contributed by atoms with E-state index in [0.29, 0.717) is 6.42 Å². The van der Waals surface area contributed by atoms with Gasteiger partial charge in [0.1, 0.15) is 11.4 Å². The van der Waals surface area contributed by atoms with Crippen molar-refractivity contribution in [3.8, 4) is 0 Å². The summed E-state index contributed by atoms with van der Waals surface area (Å²) in [5.74, 6) is 0.785. The summed E-state index contributed by atoms with van der Waals surface area (Å²) in [6, 6.07) is 0. The van der Waals surface area contributed by atoms with Crippen LogP contribution in [0, 0.1) is 6.92 Å². The summed E-state index contributed by atoms with van der Waals surface area (Å²) < 4.78 is 5.06. The fraction of sp³-hybridized carbons (Fsp3) is 0.700. The number of unbranched alkanes of at least 4 members (excludes halogenated alkanes) is 1. The standard InChI is InChI=1S/C10H17N3O2S2/c1-7-12-9(17-13-7)16-6-4-3-5-10(2,11)8(14)15/h3-6,11H2,1-2H3,(H,14,15). The minimum atomic E-state index is -1.11. The second-order valence-corrected chi connectivity index (χ2v) is 6.23. The van der Waals surface area contributed by atoms with E-state index in [9.17, 15) is 4.79 Å². The normalized spacial score (nSPS) is 14.5. The zero-order valence-electron chi connectivity index (χ0n) is 9.97. The Kier molecular flexibility index (Phi) is 5.35. The number of nitrogens with two attached hydrogens (primary N) is 1. The lowest BCUT2D eigenvalue weighted by atomic mass is 9.97. The highest BCUT2D eigenvalue weighted by Gasteiger charge is 2.26. The third-order valence-corrected chi connectivity index (χ3v) is 4.32. The lowest BCUT2D eigenvalue weighted by Crippen LogP contribution is -2.44. The topological polar surface area (TPSA) is 89.1 Å². The van der Waals surface area contributed by atoms with E-state index in [1.165, 1.54) is 11.5 Å². The van der Waals surface area contributed by atoms with E-state index in [2.05, 4.69) is 9.36 Å². The van der Waals surface area contributed by atoms with E-state index in [1.807, 2.05) is 6.92 Å². The zero-order valence-corrected chi connectivity index (χ0v) is 11.6. The van der Waals surface area contributed by atoms with Crippen LogP contribution in [-0.2, 0) is 4.79 Å². The van der Waals surface area contributed by atoms with Gasteiger partial charge in [0, 0.05) is 5.75 Å². The molecular formula is C10H17N3O2S2. The molecule has 1 aromatic heterocycles. The number of thioether (sulfide) groups is 1. The van der Waals surface area contributed by atoms with Gasteiger partial charge in [-0.25, -0.2) is 4.98 Å². The second kappa shape index (κ2) is 6.32. The van der Waals surface area contributed by atoms with Crippen molar-refractivity contribution in [1.82, 2.24) is 9.36 Å². The van der Waals surface area contributed by atoms with Crippen LogP contribution < -0.4 is 5.73 Å². The van der Waals surface area contributed by atoms with E-state index in [0.717, 1.165) is 28.8 Å². The fourth-order valence-electron chi connectivity index (χ4n) is 1.20. The number of carboxylic acid groups (broad SMARTS) is 1. The van der Waals surface area contributed by atoms with Gasteiger partial charge in [0.15, 0.2) is 4.34 Å². The third-order valence-electron chi connectivity index (χ3n) is 2.31. The van der Waals surface area contributed by atoms with Crippen molar-refractivity contribution in [3.05, 3.63) is 5.82 Å². The molecule has 1 heterocycles. The van der Waals surface area contributed by atoms with Crippen LogP contribution in [0.1, 0.15) is 32.0 Å². The number of rotatable bonds is 7. The molecule has 3 N–H and O–H groups in total. The highest BCUT2D eigenvalue weighted by molar-refractivity contribution is 8.00. The van der Waals surface area contributed by atoms with E-state index >= 15 is 0 Å². The average Bonchev–Trinajstić information content (AvgIpc) is 2.63. The molecule has 96 valence electrons. The Balaban J connectivity index is 2.15. The van der Waals surface area contributed by atoms with Crippen LogP contribution in [0.3, 0.4) is 0 Å². The summed E-state index contributed by atoms with van der Waals surface area (Å²) in [5, 5.41) is 8.83. The van der Waals surface area contributed by atoms with Crippen molar-refractivity contribution in [2.24, 2.45) is 5.73 Å². The van der Waals surface area contributed by atoms with Crippen molar-refractivity contribution in [1.29, 1.82) is 0 Å². The second-order valence-electron chi connectivity index (χ2n) is 4.14. The predicted octanol–water partition coefficient (Wildman–Crippen LogP) is 1.91. The first-order chi connectivity index (χ1) is 7.92. The largest absolute Gasteiger partial charge is 0.480 e. The van der Waals surface area contributed by atoms with Crippen LogP contribution in [0.15, 0.2) is 4.34 Å². The van der Waals surface area contributed by atoms with Gasteiger partial charge in [-0.15, -0.1) is 0 Å². The number of aromatic nitrogens is 2. The summed E-state index contributed by atoms with van der Waals surface area (Å²) in [5.41, 5.74) is 4.52. The van der Waals surface area contributed by atoms with Crippen molar-refractivity contribution in [3.63, 3.8) is 0 Å². The summed E-state index contributed by atoms with van der Waals surface area (Å²) in [7, 11) is 0. The van der Waals surface area contributed by atoms with E-state index in [-0.39, 0.29) is 0 Å². The van der Waals surface area contributed by atoms with Gasteiger partial charge < -0.3 is 10.8 Å². The number of aryl methyl sites for hydroxylation is 1. The first-order valence-electron chi connectivity index (χ1n) is 5.37. The highest BCUT2D eigenvalue weighted by atomic mass is 32.2. The average molecular weight is 275 g/mol. The van der Waals surface area contributed by atoms with Gasteiger partial charge in [-0.1, -0.05) is 18.2 Å². The number of hydrogen-bond donors (Lipinski definition) is 2. The van der Waals surface area contributed by atoms with Crippen LogP contribution >= 0.6 is 23.3 Å². The first kappa shape index (κ1) is 14.4. The van der Waals surface area contributed by atoms with Gasteiger partial charge >= 0.3 is 5.97 Å². The smallest absolute Gasteiger partial charge is 0.323 e. The number of nitrogens with zero attached hydrogens (tertiary/aromatic N) is 2. The number of aliphatic carboxylic acids is 1. The van der Waals surface area contributed by atoms with Gasteiger partial charge in [-0.2, -0.15) is 4.37 Å². The van der Waals surface area contributed by atoms with Crippen LogP contribution in [0.2, 0.25) is 0 Å². The molecule has 5 nitrogen and oxygen atoms in total. The van der Waals surface area contributed by atoms with Crippen LogP contribution in [0.25, 0.3) is 0 Å². The Hall–Kier alpha value is -0.660. The molecule has 1 unspecified atom stereocenters. The fourth-order valence-corrected chi connectivity index (χ4v) is 2.91. The Bertz CT molecular complexity index is 379. The van der Waals surface area contributed by atoms with Gasteiger partial charge in [-0.3, -0.25) is 4.79 Å². The van der Waals surface area contributed by atoms with Crippen LogP contribution in [-0.4, -0.2) is 31.7 Å². The SMILES string of the molecule is Cc1nsc(SCCCCC(C)(N)C(=O)O)n1. The molecule has 0 saturated heterocycles. The molecule has 0 saturated carbocycles. The van der Waals surface area contributed by atoms with E-state index < -0.39 is 11.5 Å². The maximum absolute atomic E-state index is 10.8. The molecule has 0 spiro atoms. The predicted molar refractivity (Wildman–Crippen MR) is 69.4 cm³/mol. The van der Waals surface area contributed by atoms with Gasteiger partial charge in [0.05, 0.1) is 0 Å². The molecule has 0 aromatic carbocycles. The molecule has 0 aliphatic rings. The van der Waals surface area contributed by atoms with Crippen LogP contribution in [0.4, 0.5) is 0 Å². The number of hydrogen-bond acceptors (Lipinski definition) is 6. The maximum Gasteiger partial charge on any atom is 0.323 e. The van der Waals surface area contributed by atoms with Crippen LogP contribution in [0.5, 0.6) is 0 Å². The number of carbonyl (C=O) groups is 1. The van der Waals surface area contributed by atoms with Crippen molar-refractivity contribution >= 4 is 29.3 Å². The monoisotopic (exact) mass is 275 g/mol. The summed E-state index contributed by atoms with van der Waals surface area (Å²) in [4.78, 5) is 15.0. The molecule has 17 heavy (non-hydrogen) atoms. The number of carboxylic acids is 1. The highest BCUT2D eigenvalue weighted by Crippen LogP contribution is 2.22. The molecule has 1 rings (SSSR count). The van der Waals surface area contributed by atoms with Gasteiger partial charge in [0.2, 0.25) is 0 Å². The molecule has 0 radical (unpaired) electrons. The van der Waals surface area contributed by atoms with E-state index in [4.69, 9.17) is 10.8 Å².